The molecule has 20 heavy (non-hydrogen) atoms. The quantitative estimate of drug-likeness (QED) is 0.802. The Morgan fingerprint density at radius 2 is 1.85 bits per heavy atom. The Morgan fingerprint density at radius 3 is 2.50 bits per heavy atom. The van der Waals surface area contributed by atoms with E-state index < -0.39 is 11.1 Å². The highest BCUT2D eigenvalue weighted by molar-refractivity contribution is 5.35. The van der Waals surface area contributed by atoms with Gasteiger partial charge in [0.25, 0.3) is 0 Å². The Bertz CT molecular complexity index is 711. The highest BCUT2D eigenvalue weighted by Crippen LogP contribution is 2.07. The lowest BCUT2D eigenvalue weighted by Gasteiger charge is -2.10. The van der Waals surface area contributed by atoms with Gasteiger partial charge in [0.05, 0.1) is 0 Å². The van der Waals surface area contributed by atoms with E-state index in [1.54, 1.807) is 12.4 Å². The lowest BCUT2D eigenvalue weighted by Crippen LogP contribution is -2.40. The molecule has 0 spiro atoms. The molecule has 0 saturated heterocycles. The van der Waals surface area contributed by atoms with Gasteiger partial charge in [-0.1, -0.05) is 26.0 Å². The third kappa shape index (κ3) is 3.07. The van der Waals surface area contributed by atoms with Crippen LogP contribution in [0.4, 0.5) is 0 Å². The molecule has 1 aromatic carbocycles. The lowest BCUT2D eigenvalue weighted by molar-refractivity contribution is 0.503. The average molecular weight is 272 g/mol. The van der Waals surface area contributed by atoms with Crippen LogP contribution in [0.5, 0.6) is 0 Å². The van der Waals surface area contributed by atoms with Crippen LogP contribution in [0.1, 0.15) is 25.8 Å². The normalized spacial score (nSPS) is 11.0. The Balaban J connectivity index is 2.41. The molecule has 0 radical (unpaired) electrons. The summed E-state index contributed by atoms with van der Waals surface area (Å²) in [5, 5.41) is 0. The summed E-state index contributed by atoms with van der Waals surface area (Å²) in [5.41, 5.74) is 0.818. The van der Waals surface area contributed by atoms with Crippen LogP contribution in [0, 0.1) is 12.8 Å². The van der Waals surface area contributed by atoms with Crippen LogP contribution < -0.4 is 11.1 Å². The fourth-order valence-electron chi connectivity index (χ4n) is 2.06. The molecule has 4 nitrogen and oxygen atoms in total. The SMILES string of the molecule is Cc1cccc(-n2ccn(CCC(C)C)c(=O)c2=O)c1. The second-order valence-electron chi connectivity index (χ2n) is 5.49. The molecule has 0 unspecified atom stereocenters. The molecule has 4 heteroatoms. The summed E-state index contributed by atoms with van der Waals surface area (Å²) in [4.78, 5) is 24.3. The predicted molar refractivity (Wildman–Crippen MR) is 80.5 cm³/mol. The highest BCUT2D eigenvalue weighted by atomic mass is 16.2. The van der Waals surface area contributed by atoms with Crippen molar-refractivity contribution in [2.45, 2.75) is 33.7 Å². The minimum absolute atomic E-state index is 0.463. The number of benzene rings is 1. The third-order valence-corrected chi connectivity index (χ3v) is 3.29. The zero-order chi connectivity index (χ0) is 14.7. The Labute approximate surface area is 118 Å². The van der Waals surface area contributed by atoms with E-state index in [-0.39, 0.29) is 0 Å². The molecule has 0 N–H and O–H groups in total. The van der Waals surface area contributed by atoms with Crippen molar-refractivity contribution in [3.05, 3.63) is 62.9 Å². The molecule has 1 aromatic heterocycles. The predicted octanol–water partition coefficient (Wildman–Crippen LogP) is 2.35. The van der Waals surface area contributed by atoms with Crippen molar-refractivity contribution < 1.29 is 0 Å². The van der Waals surface area contributed by atoms with Crippen LogP contribution in [0.15, 0.2) is 46.2 Å². The van der Waals surface area contributed by atoms with Crippen LogP contribution in [0.3, 0.4) is 0 Å². The van der Waals surface area contributed by atoms with E-state index in [1.165, 1.54) is 9.13 Å². The van der Waals surface area contributed by atoms with Crippen molar-refractivity contribution in [2.75, 3.05) is 0 Å². The fourth-order valence-corrected chi connectivity index (χ4v) is 2.06. The molecule has 0 aliphatic rings. The Kier molecular flexibility index (Phi) is 4.23. The van der Waals surface area contributed by atoms with Gasteiger partial charge in [-0.2, -0.15) is 0 Å². The third-order valence-electron chi connectivity index (χ3n) is 3.29. The van der Waals surface area contributed by atoms with Crippen molar-refractivity contribution >= 4 is 0 Å². The summed E-state index contributed by atoms with van der Waals surface area (Å²) in [6.07, 6.45) is 4.24. The summed E-state index contributed by atoms with van der Waals surface area (Å²) in [7, 11) is 0. The first kappa shape index (κ1) is 14.3. The molecule has 1 heterocycles. The van der Waals surface area contributed by atoms with E-state index in [0.717, 1.165) is 17.7 Å². The van der Waals surface area contributed by atoms with Crippen molar-refractivity contribution in [3.8, 4) is 5.69 Å². The molecule has 0 aliphatic heterocycles. The number of nitrogens with zero attached hydrogens (tertiary/aromatic N) is 2. The number of aryl methyl sites for hydroxylation is 2. The standard InChI is InChI=1S/C16H20N2O2/c1-12(2)7-8-17-9-10-18(16(20)15(17)19)14-6-4-5-13(3)11-14/h4-6,9-12H,7-8H2,1-3H3. The topological polar surface area (TPSA) is 44.0 Å². The van der Waals surface area contributed by atoms with Gasteiger partial charge in [0, 0.05) is 24.6 Å². The van der Waals surface area contributed by atoms with Crippen LogP contribution in [-0.4, -0.2) is 9.13 Å². The lowest BCUT2D eigenvalue weighted by atomic mass is 10.1. The molecule has 106 valence electrons. The zero-order valence-corrected chi connectivity index (χ0v) is 12.2. The van der Waals surface area contributed by atoms with Gasteiger partial charge in [-0.15, -0.1) is 0 Å². The van der Waals surface area contributed by atoms with E-state index in [0.29, 0.717) is 12.5 Å². The molecular formula is C16H20N2O2. The molecule has 0 aliphatic carbocycles. The highest BCUT2D eigenvalue weighted by Gasteiger charge is 2.07. The maximum Gasteiger partial charge on any atom is 0.320 e. The maximum absolute atomic E-state index is 12.2. The van der Waals surface area contributed by atoms with E-state index in [9.17, 15) is 9.59 Å². The molecule has 0 saturated carbocycles. The summed E-state index contributed by atoms with van der Waals surface area (Å²) in [6.45, 7) is 6.73. The van der Waals surface area contributed by atoms with Gasteiger partial charge in [-0.3, -0.25) is 14.2 Å². The van der Waals surface area contributed by atoms with E-state index in [1.807, 2.05) is 31.2 Å². The van der Waals surface area contributed by atoms with E-state index in [4.69, 9.17) is 0 Å². The first-order chi connectivity index (χ1) is 9.49. The van der Waals surface area contributed by atoms with Crippen LogP contribution in [-0.2, 0) is 6.54 Å². The summed E-state index contributed by atoms with van der Waals surface area (Å²) >= 11 is 0. The second-order valence-corrected chi connectivity index (χ2v) is 5.49. The van der Waals surface area contributed by atoms with Gasteiger partial charge in [-0.25, -0.2) is 0 Å². The van der Waals surface area contributed by atoms with Gasteiger partial charge >= 0.3 is 11.1 Å². The Morgan fingerprint density at radius 1 is 1.10 bits per heavy atom. The van der Waals surface area contributed by atoms with Crippen LogP contribution in [0.25, 0.3) is 5.69 Å². The summed E-state index contributed by atoms with van der Waals surface area (Å²) in [6, 6.07) is 7.55. The fraction of sp³-hybridized carbons (Fsp3) is 0.375. The Hall–Kier alpha value is -2.10. The number of hydrogen-bond donors (Lipinski definition) is 0. The average Bonchev–Trinajstić information content (AvgIpc) is 2.40. The monoisotopic (exact) mass is 272 g/mol. The van der Waals surface area contributed by atoms with Gasteiger partial charge in [0.2, 0.25) is 0 Å². The number of hydrogen-bond acceptors (Lipinski definition) is 2. The van der Waals surface area contributed by atoms with Crippen LogP contribution >= 0.6 is 0 Å². The van der Waals surface area contributed by atoms with Gasteiger partial charge < -0.3 is 4.57 Å². The zero-order valence-electron chi connectivity index (χ0n) is 12.2. The van der Waals surface area contributed by atoms with Gasteiger partial charge in [0.1, 0.15) is 0 Å². The van der Waals surface area contributed by atoms with E-state index >= 15 is 0 Å². The molecule has 0 fully saturated rings. The van der Waals surface area contributed by atoms with E-state index in [2.05, 4.69) is 13.8 Å². The minimum atomic E-state index is -0.498. The molecule has 0 amide bonds. The van der Waals surface area contributed by atoms with Gasteiger partial charge in [-0.05, 0) is 37.0 Å². The molecule has 2 aromatic rings. The molecule has 2 rings (SSSR count). The maximum atomic E-state index is 12.2. The number of rotatable bonds is 4. The van der Waals surface area contributed by atoms with Crippen molar-refractivity contribution in [2.24, 2.45) is 5.92 Å². The van der Waals surface area contributed by atoms with Crippen molar-refractivity contribution in [1.29, 1.82) is 0 Å². The molecular weight excluding hydrogens is 252 g/mol. The summed E-state index contributed by atoms with van der Waals surface area (Å²) in [5.74, 6) is 0.501. The molecule has 0 bridgehead atoms. The number of aromatic nitrogens is 2. The van der Waals surface area contributed by atoms with Gasteiger partial charge in [0.15, 0.2) is 0 Å². The van der Waals surface area contributed by atoms with Crippen molar-refractivity contribution in [1.82, 2.24) is 9.13 Å². The van der Waals surface area contributed by atoms with Crippen LogP contribution in [0.2, 0.25) is 0 Å². The van der Waals surface area contributed by atoms with Crippen molar-refractivity contribution in [3.63, 3.8) is 0 Å². The largest absolute Gasteiger partial charge is 0.320 e. The first-order valence-electron chi connectivity index (χ1n) is 6.88. The molecule has 0 atom stereocenters. The minimum Gasteiger partial charge on any atom is -0.309 e. The summed E-state index contributed by atoms with van der Waals surface area (Å²) < 4.78 is 2.90. The smallest absolute Gasteiger partial charge is 0.309 e. The second kappa shape index (κ2) is 5.90. The first-order valence-corrected chi connectivity index (χ1v) is 6.88.